The highest BCUT2D eigenvalue weighted by Crippen LogP contribution is 2.36. The molecule has 6 heteroatoms. The molecule has 1 aromatic carbocycles. The Morgan fingerprint density at radius 2 is 1.58 bits per heavy atom. The number of rotatable bonds is 4. The molecule has 0 atom stereocenters. The van der Waals surface area contributed by atoms with Gasteiger partial charge in [0, 0.05) is 0 Å². The van der Waals surface area contributed by atoms with Gasteiger partial charge in [0.2, 0.25) is 0 Å². The Hall–Kier alpha value is -1.40. The maximum absolute atomic E-state index is 12.7. The van der Waals surface area contributed by atoms with Gasteiger partial charge in [-0.15, -0.1) is 0 Å². The standard InChI is InChI=1S/C18H26O5S/c1-14-8-10-15(11-9-14)24(20,21)23-18(12-6-5-7-13-18)16(19)22-17(2,3)4/h8-11H,5-7,12-13H2,1-4H3. The van der Waals surface area contributed by atoms with Crippen LogP contribution < -0.4 is 0 Å². The van der Waals surface area contributed by atoms with Gasteiger partial charge in [0.05, 0.1) is 4.90 Å². The molecule has 0 bridgehead atoms. The van der Waals surface area contributed by atoms with Crippen LogP contribution in [0.15, 0.2) is 29.2 Å². The number of carbonyl (C=O) groups is 1. The van der Waals surface area contributed by atoms with E-state index in [1.54, 1.807) is 32.9 Å². The summed E-state index contributed by atoms with van der Waals surface area (Å²) < 4.78 is 36.3. The Kier molecular flexibility index (Phi) is 5.40. The lowest BCUT2D eigenvalue weighted by Gasteiger charge is -2.36. The van der Waals surface area contributed by atoms with E-state index in [2.05, 4.69) is 0 Å². The van der Waals surface area contributed by atoms with Gasteiger partial charge in [0.25, 0.3) is 10.1 Å². The highest BCUT2D eigenvalue weighted by atomic mass is 32.2. The molecule has 1 saturated carbocycles. The fourth-order valence-electron chi connectivity index (χ4n) is 2.78. The van der Waals surface area contributed by atoms with Gasteiger partial charge in [0.1, 0.15) is 5.60 Å². The van der Waals surface area contributed by atoms with E-state index in [9.17, 15) is 13.2 Å². The summed E-state index contributed by atoms with van der Waals surface area (Å²) in [5.74, 6) is -0.592. The lowest BCUT2D eigenvalue weighted by atomic mass is 9.85. The molecule has 1 aromatic rings. The van der Waals surface area contributed by atoms with Gasteiger partial charge in [-0.1, -0.05) is 24.1 Å². The van der Waals surface area contributed by atoms with Gasteiger partial charge < -0.3 is 4.74 Å². The topological polar surface area (TPSA) is 69.7 Å². The fraction of sp³-hybridized carbons (Fsp3) is 0.611. The van der Waals surface area contributed by atoms with Crippen LogP contribution in [0.3, 0.4) is 0 Å². The first-order valence-electron chi connectivity index (χ1n) is 8.30. The van der Waals surface area contributed by atoms with Crippen LogP contribution in [0.1, 0.15) is 58.4 Å². The fourth-order valence-corrected chi connectivity index (χ4v) is 4.00. The largest absolute Gasteiger partial charge is 0.458 e. The molecule has 134 valence electrons. The number of benzene rings is 1. The summed E-state index contributed by atoms with van der Waals surface area (Å²) in [7, 11) is -4.04. The lowest BCUT2D eigenvalue weighted by molar-refractivity contribution is -0.176. The zero-order valence-corrected chi connectivity index (χ0v) is 15.6. The maximum atomic E-state index is 12.7. The predicted molar refractivity (Wildman–Crippen MR) is 91.1 cm³/mol. The molecule has 1 aliphatic rings. The van der Waals surface area contributed by atoms with Crippen LogP contribution in [0.2, 0.25) is 0 Å². The zero-order chi connectivity index (χ0) is 18.0. The number of hydrogen-bond acceptors (Lipinski definition) is 5. The first-order valence-corrected chi connectivity index (χ1v) is 9.71. The molecule has 1 fully saturated rings. The highest BCUT2D eigenvalue weighted by molar-refractivity contribution is 7.86. The molecule has 24 heavy (non-hydrogen) atoms. The van der Waals surface area contributed by atoms with Crippen molar-refractivity contribution in [2.45, 2.75) is 75.9 Å². The number of aryl methyl sites for hydroxylation is 1. The number of esters is 1. The van der Waals surface area contributed by atoms with E-state index < -0.39 is 27.3 Å². The van der Waals surface area contributed by atoms with Crippen LogP contribution in [0, 0.1) is 6.92 Å². The molecule has 0 unspecified atom stereocenters. The second-order valence-corrected chi connectivity index (χ2v) is 8.95. The third kappa shape index (κ3) is 4.57. The van der Waals surface area contributed by atoms with Crippen LogP contribution in [0.5, 0.6) is 0 Å². The molecule has 0 spiro atoms. The van der Waals surface area contributed by atoms with E-state index in [-0.39, 0.29) is 4.90 Å². The van der Waals surface area contributed by atoms with Crippen molar-refractivity contribution >= 4 is 16.1 Å². The van der Waals surface area contributed by atoms with E-state index in [0.29, 0.717) is 12.8 Å². The van der Waals surface area contributed by atoms with Crippen molar-refractivity contribution in [3.8, 4) is 0 Å². The zero-order valence-electron chi connectivity index (χ0n) is 14.8. The summed E-state index contributed by atoms with van der Waals surface area (Å²) in [4.78, 5) is 12.7. The van der Waals surface area contributed by atoms with Crippen molar-refractivity contribution in [1.29, 1.82) is 0 Å². The monoisotopic (exact) mass is 354 g/mol. The van der Waals surface area contributed by atoms with Crippen molar-refractivity contribution in [3.05, 3.63) is 29.8 Å². The average Bonchev–Trinajstić information content (AvgIpc) is 2.46. The van der Waals surface area contributed by atoms with Crippen LogP contribution in [0.4, 0.5) is 0 Å². The molecular weight excluding hydrogens is 328 g/mol. The van der Waals surface area contributed by atoms with Crippen LogP contribution >= 0.6 is 0 Å². The second kappa shape index (κ2) is 6.84. The minimum Gasteiger partial charge on any atom is -0.458 e. The molecule has 0 aliphatic heterocycles. The number of ether oxygens (including phenoxy) is 1. The van der Waals surface area contributed by atoms with Crippen LogP contribution in [-0.4, -0.2) is 25.6 Å². The van der Waals surface area contributed by atoms with Crippen molar-refractivity contribution in [2.24, 2.45) is 0 Å². The van der Waals surface area contributed by atoms with Gasteiger partial charge in [-0.2, -0.15) is 8.42 Å². The van der Waals surface area contributed by atoms with Crippen LogP contribution in [0.25, 0.3) is 0 Å². The molecule has 0 radical (unpaired) electrons. The van der Waals surface area contributed by atoms with Crippen molar-refractivity contribution in [1.82, 2.24) is 0 Å². The van der Waals surface area contributed by atoms with E-state index in [4.69, 9.17) is 8.92 Å². The average molecular weight is 354 g/mol. The third-order valence-corrected chi connectivity index (χ3v) is 5.40. The quantitative estimate of drug-likeness (QED) is 0.608. The van der Waals surface area contributed by atoms with Gasteiger partial charge in [-0.3, -0.25) is 0 Å². The molecule has 0 N–H and O–H groups in total. The number of carbonyl (C=O) groups excluding carboxylic acids is 1. The number of hydrogen-bond donors (Lipinski definition) is 0. The van der Waals surface area contributed by atoms with Crippen LogP contribution in [-0.2, 0) is 23.8 Å². The van der Waals surface area contributed by atoms with Gasteiger partial charge >= 0.3 is 5.97 Å². The molecular formula is C18H26O5S. The lowest BCUT2D eigenvalue weighted by Crippen LogP contribution is -2.48. The SMILES string of the molecule is Cc1ccc(S(=O)(=O)OC2(C(=O)OC(C)(C)C)CCCCC2)cc1. The molecule has 5 nitrogen and oxygen atoms in total. The second-order valence-electron chi connectivity index (χ2n) is 7.41. The Labute approximate surface area is 144 Å². The minimum atomic E-state index is -4.04. The minimum absolute atomic E-state index is 0.0570. The highest BCUT2D eigenvalue weighted by Gasteiger charge is 2.47. The third-order valence-electron chi connectivity index (χ3n) is 4.01. The molecule has 2 rings (SSSR count). The maximum Gasteiger partial charge on any atom is 0.340 e. The van der Waals surface area contributed by atoms with Gasteiger partial charge in [-0.25, -0.2) is 8.98 Å². The van der Waals surface area contributed by atoms with E-state index in [1.807, 2.05) is 6.92 Å². The van der Waals surface area contributed by atoms with Crippen molar-refractivity contribution in [3.63, 3.8) is 0 Å². The Morgan fingerprint density at radius 3 is 2.08 bits per heavy atom. The van der Waals surface area contributed by atoms with E-state index in [0.717, 1.165) is 24.8 Å². The van der Waals surface area contributed by atoms with Crippen molar-refractivity contribution in [2.75, 3.05) is 0 Å². The molecule has 0 amide bonds. The molecule has 0 heterocycles. The van der Waals surface area contributed by atoms with E-state index in [1.165, 1.54) is 12.1 Å². The molecule has 0 saturated heterocycles. The first kappa shape index (κ1) is 18.9. The van der Waals surface area contributed by atoms with E-state index >= 15 is 0 Å². The molecule has 1 aliphatic carbocycles. The Bertz CT molecular complexity index is 677. The Morgan fingerprint density at radius 1 is 1.04 bits per heavy atom. The summed E-state index contributed by atoms with van der Waals surface area (Å²) in [6, 6.07) is 6.40. The summed E-state index contributed by atoms with van der Waals surface area (Å²) in [5, 5.41) is 0. The van der Waals surface area contributed by atoms with Gasteiger partial charge in [0.15, 0.2) is 5.60 Å². The predicted octanol–water partition coefficient (Wildman–Crippen LogP) is 3.74. The molecule has 0 aromatic heterocycles. The summed E-state index contributed by atoms with van der Waals surface area (Å²) in [5.41, 5.74) is -1.17. The first-order chi connectivity index (χ1) is 11.0. The summed E-state index contributed by atoms with van der Waals surface area (Å²) in [6.45, 7) is 7.16. The summed E-state index contributed by atoms with van der Waals surface area (Å²) >= 11 is 0. The Balaban J connectivity index is 2.31. The normalized spacial score (nSPS) is 18.2. The van der Waals surface area contributed by atoms with Gasteiger partial charge in [-0.05, 0) is 65.5 Å². The smallest absolute Gasteiger partial charge is 0.340 e. The summed E-state index contributed by atoms with van der Waals surface area (Å²) in [6.07, 6.45) is 3.14. The van der Waals surface area contributed by atoms with Crippen molar-refractivity contribution < 1.29 is 22.1 Å².